The van der Waals surface area contributed by atoms with Crippen molar-refractivity contribution < 1.29 is 8.78 Å². The van der Waals surface area contributed by atoms with Crippen LogP contribution in [0.2, 0.25) is 5.02 Å². The van der Waals surface area contributed by atoms with E-state index in [-0.39, 0.29) is 35.9 Å². The summed E-state index contributed by atoms with van der Waals surface area (Å²) in [6.45, 7) is 2.81. The zero-order chi connectivity index (χ0) is 12.3. The molecule has 0 aliphatic carbocycles. The maximum atomic E-state index is 13.2. The average Bonchev–Trinajstić information content (AvgIpc) is 2.36. The first kappa shape index (κ1) is 18.9. The minimum Gasteiger partial charge on any atom is -0.314 e. The molecule has 2 rings (SSSR count). The molecule has 1 N–H and O–H groups in total. The molecule has 1 aliphatic rings. The molecule has 0 unspecified atom stereocenters. The van der Waals surface area contributed by atoms with Gasteiger partial charge in [-0.15, -0.1) is 24.8 Å². The summed E-state index contributed by atoms with van der Waals surface area (Å²) in [6.07, 6.45) is 0. The third-order valence-corrected chi connectivity index (χ3v) is 3.36. The molecule has 0 aromatic heterocycles. The van der Waals surface area contributed by atoms with Crippen LogP contribution in [0.5, 0.6) is 0 Å². The Bertz CT molecular complexity index is 387. The minimum absolute atomic E-state index is 0. The van der Waals surface area contributed by atoms with Crippen LogP contribution < -0.4 is 5.32 Å². The van der Waals surface area contributed by atoms with Crippen LogP contribution in [-0.4, -0.2) is 37.8 Å². The SMILES string of the molecule is Cl.Cl.FC[C@@H](c1ccc(F)c(Cl)c1)N1CCNCC1. The van der Waals surface area contributed by atoms with Crippen molar-refractivity contribution in [2.75, 3.05) is 32.9 Å². The molecule has 0 bridgehead atoms. The van der Waals surface area contributed by atoms with E-state index >= 15 is 0 Å². The second-order valence-electron chi connectivity index (χ2n) is 4.13. The van der Waals surface area contributed by atoms with Crippen molar-refractivity contribution in [1.29, 1.82) is 0 Å². The zero-order valence-corrected chi connectivity index (χ0v) is 12.6. The van der Waals surface area contributed by atoms with Crippen LogP contribution in [0.1, 0.15) is 11.6 Å². The van der Waals surface area contributed by atoms with Crippen LogP contribution in [0.25, 0.3) is 0 Å². The van der Waals surface area contributed by atoms with Crippen LogP contribution in [-0.2, 0) is 0 Å². The molecule has 1 fully saturated rings. The van der Waals surface area contributed by atoms with Crippen LogP contribution in [0.4, 0.5) is 8.78 Å². The van der Waals surface area contributed by atoms with Crippen LogP contribution >= 0.6 is 36.4 Å². The van der Waals surface area contributed by atoms with Crippen LogP contribution in [0, 0.1) is 5.82 Å². The molecule has 1 aromatic carbocycles. The molecule has 7 heteroatoms. The Hall–Kier alpha value is -0.130. The van der Waals surface area contributed by atoms with Crippen molar-refractivity contribution in [2.24, 2.45) is 0 Å². The number of benzene rings is 1. The van der Waals surface area contributed by atoms with Crippen molar-refractivity contribution in [3.8, 4) is 0 Å². The highest BCUT2D eigenvalue weighted by Gasteiger charge is 2.22. The summed E-state index contributed by atoms with van der Waals surface area (Å²) < 4.78 is 26.2. The second-order valence-corrected chi connectivity index (χ2v) is 4.54. The molecule has 1 heterocycles. The van der Waals surface area contributed by atoms with Crippen LogP contribution in [0.15, 0.2) is 18.2 Å². The Morgan fingerprint density at radius 1 is 1.26 bits per heavy atom. The number of halogens is 5. The monoisotopic (exact) mass is 332 g/mol. The third kappa shape index (κ3) is 4.72. The van der Waals surface area contributed by atoms with Gasteiger partial charge in [-0.25, -0.2) is 8.78 Å². The highest BCUT2D eigenvalue weighted by atomic mass is 35.5. The van der Waals surface area contributed by atoms with E-state index in [2.05, 4.69) is 10.2 Å². The fourth-order valence-corrected chi connectivity index (χ4v) is 2.30. The number of rotatable bonds is 3. The first-order valence-electron chi connectivity index (χ1n) is 5.68. The van der Waals surface area contributed by atoms with Crippen molar-refractivity contribution in [3.63, 3.8) is 0 Å². The molecule has 1 aromatic rings. The Kier molecular flexibility index (Phi) is 8.86. The molecule has 19 heavy (non-hydrogen) atoms. The molecule has 1 atom stereocenters. The number of nitrogens with one attached hydrogen (secondary N) is 1. The maximum absolute atomic E-state index is 13.2. The molecular formula is C12H17Cl3F2N2. The largest absolute Gasteiger partial charge is 0.314 e. The van der Waals surface area contributed by atoms with E-state index in [1.165, 1.54) is 12.1 Å². The molecule has 0 radical (unpaired) electrons. The van der Waals surface area contributed by atoms with E-state index in [9.17, 15) is 8.78 Å². The second kappa shape index (κ2) is 8.93. The maximum Gasteiger partial charge on any atom is 0.141 e. The summed E-state index contributed by atoms with van der Waals surface area (Å²) in [5, 5.41) is 3.27. The Morgan fingerprint density at radius 2 is 1.89 bits per heavy atom. The number of alkyl halides is 1. The van der Waals surface area contributed by atoms with E-state index in [1.807, 2.05) is 0 Å². The highest BCUT2D eigenvalue weighted by molar-refractivity contribution is 6.30. The minimum atomic E-state index is -0.484. The highest BCUT2D eigenvalue weighted by Crippen LogP contribution is 2.25. The van der Waals surface area contributed by atoms with Gasteiger partial charge in [-0.1, -0.05) is 17.7 Å². The molecule has 1 saturated heterocycles. The fraction of sp³-hybridized carbons (Fsp3) is 0.500. The van der Waals surface area contributed by atoms with Gasteiger partial charge in [-0.05, 0) is 17.7 Å². The fourth-order valence-electron chi connectivity index (χ4n) is 2.11. The molecule has 0 amide bonds. The van der Waals surface area contributed by atoms with E-state index in [1.54, 1.807) is 6.07 Å². The van der Waals surface area contributed by atoms with E-state index in [0.717, 1.165) is 31.7 Å². The van der Waals surface area contributed by atoms with Gasteiger partial charge in [0.05, 0.1) is 11.1 Å². The smallest absolute Gasteiger partial charge is 0.141 e. The lowest BCUT2D eigenvalue weighted by Gasteiger charge is -2.33. The van der Waals surface area contributed by atoms with E-state index < -0.39 is 12.5 Å². The van der Waals surface area contributed by atoms with Gasteiger partial charge in [0, 0.05) is 26.2 Å². The number of piperazine rings is 1. The van der Waals surface area contributed by atoms with Gasteiger partial charge in [0.25, 0.3) is 0 Å². The summed E-state index contributed by atoms with van der Waals surface area (Å²) in [7, 11) is 0. The van der Waals surface area contributed by atoms with Gasteiger partial charge in [-0.3, -0.25) is 4.90 Å². The summed E-state index contributed by atoms with van der Waals surface area (Å²) in [5.74, 6) is -0.465. The lowest BCUT2D eigenvalue weighted by Crippen LogP contribution is -2.45. The van der Waals surface area contributed by atoms with Crippen LogP contribution in [0.3, 0.4) is 0 Å². The molecule has 2 nitrogen and oxygen atoms in total. The summed E-state index contributed by atoms with van der Waals surface area (Å²) in [5.41, 5.74) is 0.737. The third-order valence-electron chi connectivity index (χ3n) is 3.07. The molecular weight excluding hydrogens is 317 g/mol. The number of hydrogen-bond donors (Lipinski definition) is 1. The Labute approximate surface area is 129 Å². The lowest BCUT2D eigenvalue weighted by molar-refractivity contribution is 0.147. The first-order valence-corrected chi connectivity index (χ1v) is 6.06. The van der Waals surface area contributed by atoms with Gasteiger partial charge >= 0.3 is 0 Å². The van der Waals surface area contributed by atoms with Crippen molar-refractivity contribution in [1.82, 2.24) is 10.2 Å². The van der Waals surface area contributed by atoms with E-state index in [4.69, 9.17) is 11.6 Å². The summed E-state index contributed by atoms with van der Waals surface area (Å²) in [4.78, 5) is 2.06. The van der Waals surface area contributed by atoms with Gasteiger partial charge in [-0.2, -0.15) is 0 Å². The van der Waals surface area contributed by atoms with Crippen molar-refractivity contribution >= 4 is 36.4 Å². The zero-order valence-electron chi connectivity index (χ0n) is 10.2. The predicted octanol–water partition coefficient (Wildman–Crippen LogP) is 3.24. The van der Waals surface area contributed by atoms with Gasteiger partial charge in [0.2, 0.25) is 0 Å². The normalized spacial score (nSPS) is 17.2. The summed E-state index contributed by atoms with van der Waals surface area (Å²) >= 11 is 5.73. The number of hydrogen-bond acceptors (Lipinski definition) is 2. The quantitative estimate of drug-likeness (QED) is 0.913. The molecule has 0 saturated carbocycles. The van der Waals surface area contributed by atoms with Crippen molar-refractivity contribution in [2.45, 2.75) is 6.04 Å². The standard InChI is InChI=1S/C12H15ClF2N2.2ClH/c13-10-7-9(1-2-11(10)15)12(8-14)17-5-3-16-4-6-17;;/h1-2,7,12,16H,3-6,8H2;2*1H/t12-;;/m0../s1. The Morgan fingerprint density at radius 3 is 2.42 bits per heavy atom. The molecule has 110 valence electrons. The molecule has 0 spiro atoms. The van der Waals surface area contributed by atoms with E-state index in [0.29, 0.717) is 0 Å². The van der Waals surface area contributed by atoms with Gasteiger partial charge < -0.3 is 5.32 Å². The topological polar surface area (TPSA) is 15.3 Å². The number of nitrogens with zero attached hydrogens (tertiary/aromatic N) is 1. The molecule has 1 aliphatic heterocycles. The predicted molar refractivity (Wildman–Crippen MR) is 79.1 cm³/mol. The van der Waals surface area contributed by atoms with Gasteiger partial charge in [0.1, 0.15) is 12.5 Å². The lowest BCUT2D eigenvalue weighted by atomic mass is 10.1. The van der Waals surface area contributed by atoms with Crippen molar-refractivity contribution in [3.05, 3.63) is 34.6 Å². The average molecular weight is 334 g/mol. The first-order chi connectivity index (χ1) is 8.22. The Balaban J connectivity index is 0.00000162. The summed E-state index contributed by atoms with van der Waals surface area (Å²) in [6, 6.07) is 4.09. The van der Waals surface area contributed by atoms with Gasteiger partial charge in [0.15, 0.2) is 0 Å².